The number of anilines is 1. The van der Waals surface area contributed by atoms with Gasteiger partial charge in [-0.2, -0.15) is 0 Å². The maximum absolute atomic E-state index is 12.7. The van der Waals surface area contributed by atoms with Crippen LogP contribution >= 0.6 is 11.3 Å². The first-order valence-corrected chi connectivity index (χ1v) is 11.1. The zero-order valence-electron chi connectivity index (χ0n) is 17.3. The second-order valence-electron chi connectivity index (χ2n) is 7.52. The molecule has 0 unspecified atom stereocenters. The molecule has 160 valence electrons. The molecule has 3 amide bonds. The van der Waals surface area contributed by atoms with Crippen LogP contribution in [0.15, 0.2) is 24.3 Å². The van der Waals surface area contributed by atoms with Gasteiger partial charge in [-0.15, -0.1) is 10.2 Å². The van der Waals surface area contributed by atoms with E-state index in [9.17, 15) is 14.4 Å². The van der Waals surface area contributed by atoms with E-state index in [0.717, 1.165) is 36.2 Å². The highest BCUT2D eigenvalue weighted by atomic mass is 32.1. The van der Waals surface area contributed by atoms with Gasteiger partial charge >= 0.3 is 0 Å². The summed E-state index contributed by atoms with van der Waals surface area (Å²) in [4.78, 5) is 38.7. The summed E-state index contributed by atoms with van der Waals surface area (Å²) in [5, 5.41) is 13.8. The Hall–Kier alpha value is -2.81. The van der Waals surface area contributed by atoms with Crippen molar-refractivity contribution in [1.82, 2.24) is 20.4 Å². The number of nitrogens with zero attached hydrogens (tertiary/aromatic N) is 3. The van der Waals surface area contributed by atoms with Gasteiger partial charge in [0, 0.05) is 31.7 Å². The number of nitrogens with one attached hydrogen (secondary N) is 2. The van der Waals surface area contributed by atoms with Crippen LogP contribution in [0.5, 0.6) is 0 Å². The average Bonchev–Trinajstić information content (AvgIpc) is 3.24. The van der Waals surface area contributed by atoms with Crippen LogP contribution in [-0.2, 0) is 4.79 Å². The lowest BCUT2D eigenvalue weighted by atomic mass is 9.93. The third kappa shape index (κ3) is 5.85. The molecular weight excluding hydrogens is 402 g/mol. The van der Waals surface area contributed by atoms with Gasteiger partial charge in [0.05, 0.1) is 0 Å². The van der Waals surface area contributed by atoms with E-state index >= 15 is 0 Å². The molecule has 1 aromatic heterocycles. The number of piperidine rings is 1. The summed E-state index contributed by atoms with van der Waals surface area (Å²) in [5.41, 5.74) is 1.76. The fourth-order valence-electron chi connectivity index (χ4n) is 3.30. The van der Waals surface area contributed by atoms with E-state index in [1.807, 2.05) is 38.1 Å². The first-order valence-electron chi connectivity index (χ1n) is 10.2. The second kappa shape index (κ2) is 10.3. The normalized spacial score (nSPS) is 14.4. The molecule has 3 rings (SSSR count). The molecule has 0 bridgehead atoms. The highest BCUT2D eigenvalue weighted by Crippen LogP contribution is 2.23. The first-order chi connectivity index (χ1) is 14.5. The Morgan fingerprint density at radius 1 is 1.10 bits per heavy atom. The lowest BCUT2D eigenvalue weighted by Gasteiger charge is -2.31. The van der Waals surface area contributed by atoms with E-state index in [0.29, 0.717) is 31.7 Å². The first kappa shape index (κ1) is 21.9. The Morgan fingerprint density at radius 3 is 2.43 bits per heavy atom. The monoisotopic (exact) mass is 429 g/mol. The minimum atomic E-state index is -0.382. The molecule has 0 radical (unpaired) electrons. The predicted octanol–water partition coefficient (Wildman–Crippen LogP) is 2.87. The number of benzene rings is 1. The van der Waals surface area contributed by atoms with Gasteiger partial charge in [-0.3, -0.25) is 14.4 Å². The molecule has 1 saturated heterocycles. The molecule has 1 aliphatic heterocycles. The molecule has 0 spiro atoms. The van der Waals surface area contributed by atoms with Gasteiger partial charge in [0.1, 0.15) is 0 Å². The SMILES string of the molecule is CCCNC(=O)CC1CCN(C(=O)c2nnc(C(=O)Nc3ccc(C)cc3)s2)CC1. The molecule has 1 aliphatic rings. The summed E-state index contributed by atoms with van der Waals surface area (Å²) in [6.45, 7) is 5.85. The maximum Gasteiger partial charge on any atom is 0.286 e. The van der Waals surface area contributed by atoms with Gasteiger partial charge in [0.15, 0.2) is 0 Å². The van der Waals surface area contributed by atoms with E-state index in [-0.39, 0.29) is 33.7 Å². The van der Waals surface area contributed by atoms with E-state index < -0.39 is 0 Å². The van der Waals surface area contributed by atoms with Crippen molar-refractivity contribution >= 4 is 34.7 Å². The van der Waals surface area contributed by atoms with Gasteiger partial charge in [0.2, 0.25) is 15.9 Å². The highest BCUT2D eigenvalue weighted by molar-refractivity contribution is 7.15. The molecule has 8 nitrogen and oxygen atoms in total. The molecule has 2 heterocycles. The van der Waals surface area contributed by atoms with E-state index in [4.69, 9.17) is 0 Å². The van der Waals surface area contributed by atoms with Crippen LogP contribution in [0.25, 0.3) is 0 Å². The van der Waals surface area contributed by atoms with Gasteiger partial charge in [-0.25, -0.2) is 0 Å². The lowest BCUT2D eigenvalue weighted by molar-refractivity contribution is -0.122. The molecule has 0 atom stereocenters. The summed E-state index contributed by atoms with van der Waals surface area (Å²) in [6, 6.07) is 7.43. The van der Waals surface area contributed by atoms with Crippen LogP contribution in [0.4, 0.5) is 5.69 Å². The van der Waals surface area contributed by atoms with E-state index in [1.165, 1.54) is 0 Å². The number of amides is 3. The number of hydrogen-bond donors (Lipinski definition) is 2. The largest absolute Gasteiger partial charge is 0.356 e. The molecular formula is C21H27N5O3S. The molecule has 2 N–H and O–H groups in total. The van der Waals surface area contributed by atoms with E-state index in [1.54, 1.807) is 4.90 Å². The molecule has 1 aromatic carbocycles. The number of likely N-dealkylation sites (tertiary alicyclic amines) is 1. The Kier molecular flexibility index (Phi) is 7.51. The maximum atomic E-state index is 12.7. The zero-order valence-corrected chi connectivity index (χ0v) is 18.1. The third-order valence-electron chi connectivity index (χ3n) is 5.06. The van der Waals surface area contributed by atoms with Crippen molar-refractivity contribution in [3.63, 3.8) is 0 Å². The van der Waals surface area contributed by atoms with Crippen LogP contribution in [0.3, 0.4) is 0 Å². The summed E-state index contributed by atoms with van der Waals surface area (Å²) < 4.78 is 0. The zero-order chi connectivity index (χ0) is 21.5. The topological polar surface area (TPSA) is 104 Å². The Balaban J connectivity index is 1.51. The van der Waals surface area contributed by atoms with Gasteiger partial charge in [-0.05, 0) is 44.2 Å². The fraction of sp³-hybridized carbons (Fsp3) is 0.476. The second-order valence-corrected chi connectivity index (χ2v) is 8.50. The van der Waals surface area contributed by atoms with Crippen molar-refractivity contribution in [2.24, 2.45) is 5.92 Å². The quantitative estimate of drug-likeness (QED) is 0.704. The van der Waals surface area contributed by atoms with Crippen molar-refractivity contribution < 1.29 is 14.4 Å². The number of rotatable bonds is 7. The Labute approximate surface area is 180 Å². The van der Waals surface area contributed by atoms with Gasteiger partial charge in [0.25, 0.3) is 11.8 Å². The number of carbonyl (C=O) groups is 3. The minimum Gasteiger partial charge on any atom is -0.356 e. The molecule has 30 heavy (non-hydrogen) atoms. The summed E-state index contributed by atoms with van der Waals surface area (Å²) in [7, 11) is 0. The van der Waals surface area contributed by atoms with Crippen LogP contribution in [0, 0.1) is 12.8 Å². The van der Waals surface area contributed by atoms with Crippen molar-refractivity contribution in [2.75, 3.05) is 25.0 Å². The van der Waals surface area contributed by atoms with Crippen LogP contribution in [-0.4, -0.2) is 52.5 Å². The Bertz CT molecular complexity index is 888. The van der Waals surface area contributed by atoms with Crippen molar-refractivity contribution in [3.8, 4) is 0 Å². The van der Waals surface area contributed by atoms with Crippen molar-refractivity contribution in [3.05, 3.63) is 39.8 Å². The van der Waals surface area contributed by atoms with E-state index in [2.05, 4.69) is 20.8 Å². The smallest absolute Gasteiger partial charge is 0.286 e. The van der Waals surface area contributed by atoms with Gasteiger partial charge < -0.3 is 15.5 Å². The van der Waals surface area contributed by atoms with Gasteiger partial charge in [-0.1, -0.05) is 36.0 Å². The standard InChI is InChI=1S/C21H27N5O3S/c1-3-10-22-17(27)13-15-8-11-26(12-9-15)21(29)20-25-24-19(30-20)18(28)23-16-6-4-14(2)5-7-16/h4-7,15H,3,8-13H2,1-2H3,(H,22,27)(H,23,28). The predicted molar refractivity (Wildman–Crippen MR) is 116 cm³/mol. The number of hydrogen-bond acceptors (Lipinski definition) is 6. The number of aryl methyl sites for hydroxylation is 1. The highest BCUT2D eigenvalue weighted by Gasteiger charge is 2.27. The summed E-state index contributed by atoms with van der Waals surface area (Å²) in [6.07, 6.45) is 2.99. The molecule has 2 aromatic rings. The summed E-state index contributed by atoms with van der Waals surface area (Å²) >= 11 is 0.996. The van der Waals surface area contributed by atoms with Crippen LogP contribution in [0.2, 0.25) is 0 Å². The number of carbonyl (C=O) groups excluding carboxylic acids is 3. The minimum absolute atomic E-state index is 0.0787. The molecule has 9 heteroatoms. The van der Waals surface area contributed by atoms with Crippen molar-refractivity contribution in [2.45, 2.75) is 39.5 Å². The third-order valence-corrected chi connectivity index (χ3v) is 5.97. The lowest BCUT2D eigenvalue weighted by Crippen LogP contribution is -2.39. The molecule has 0 saturated carbocycles. The average molecular weight is 430 g/mol. The molecule has 1 fully saturated rings. The summed E-state index contributed by atoms with van der Waals surface area (Å²) in [5.74, 6) is -0.228. The molecule has 0 aliphatic carbocycles. The van der Waals surface area contributed by atoms with Crippen molar-refractivity contribution in [1.29, 1.82) is 0 Å². The van der Waals surface area contributed by atoms with Crippen LogP contribution < -0.4 is 10.6 Å². The Morgan fingerprint density at radius 2 is 1.77 bits per heavy atom. The number of aromatic nitrogens is 2. The van der Waals surface area contributed by atoms with Crippen LogP contribution in [0.1, 0.15) is 57.8 Å². The fourth-order valence-corrected chi connectivity index (χ4v) is 4.00.